The monoisotopic (exact) mass is 1130 g/mol. The number of esters is 3. The van der Waals surface area contributed by atoms with E-state index in [0.29, 0.717) is 25.7 Å². The molecule has 6 nitrogen and oxygen atoms in total. The van der Waals surface area contributed by atoms with Crippen LogP contribution in [-0.2, 0) is 28.6 Å². The van der Waals surface area contributed by atoms with Crippen LogP contribution in [0.4, 0.5) is 0 Å². The van der Waals surface area contributed by atoms with Crippen molar-refractivity contribution in [1.29, 1.82) is 0 Å². The predicted octanol–water partition coefficient (Wildman–Crippen LogP) is 23.3. The van der Waals surface area contributed by atoms with Crippen LogP contribution in [0.5, 0.6) is 0 Å². The third-order valence-electron chi connectivity index (χ3n) is 13.7. The maximum atomic E-state index is 12.9. The molecule has 0 aromatic carbocycles. The molecule has 0 aromatic rings. The van der Waals surface area contributed by atoms with Crippen LogP contribution in [0.15, 0.2) is 158 Å². The number of unbranched alkanes of at least 4 members (excludes halogenated alkanes) is 22. The van der Waals surface area contributed by atoms with Gasteiger partial charge in [0.15, 0.2) is 6.10 Å². The Morgan fingerprint density at radius 2 is 0.476 bits per heavy atom. The van der Waals surface area contributed by atoms with Crippen LogP contribution in [0.25, 0.3) is 0 Å². The van der Waals surface area contributed by atoms with Crippen LogP contribution in [0.3, 0.4) is 0 Å². The smallest absolute Gasteiger partial charge is 0.306 e. The van der Waals surface area contributed by atoms with Crippen molar-refractivity contribution in [3.8, 4) is 0 Å². The van der Waals surface area contributed by atoms with E-state index in [9.17, 15) is 14.4 Å². The number of carbonyl (C=O) groups excluding carboxylic acids is 3. The summed E-state index contributed by atoms with van der Waals surface area (Å²) >= 11 is 0. The number of hydrogen-bond donors (Lipinski definition) is 0. The van der Waals surface area contributed by atoms with Crippen molar-refractivity contribution in [2.24, 2.45) is 0 Å². The minimum atomic E-state index is -0.814. The van der Waals surface area contributed by atoms with Crippen LogP contribution in [0, 0.1) is 0 Å². The molecular weight excluding hydrogens is 1010 g/mol. The molecule has 6 heteroatoms. The van der Waals surface area contributed by atoms with Crippen molar-refractivity contribution in [1.82, 2.24) is 0 Å². The van der Waals surface area contributed by atoms with Crippen molar-refractivity contribution < 1.29 is 28.6 Å². The molecule has 0 aliphatic carbocycles. The molecule has 0 bridgehead atoms. The van der Waals surface area contributed by atoms with Gasteiger partial charge in [-0.1, -0.05) is 275 Å². The maximum absolute atomic E-state index is 12.9. The molecule has 0 saturated carbocycles. The van der Waals surface area contributed by atoms with Crippen molar-refractivity contribution >= 4 is 17.9 Å². The van der Waals surface area contributed by atoms with Gasteiger partial charge in [0.1, 0.15) is 13.2 Å². The molecule has 0 amide bonds. The third kappa shape index (κ3) is 65.8. The fourth-order valence-corrected chi connectivity index (χ4v) is 8.80. The summed E-state index contributed by atoms with van der Waals surface area (Å²) in [5.41, 5.74) is 0. The standard InChI is InChI=1S/C76H122O6/c1-4-7-10-13-16-19-22-25-28-31-33-35-36-37-38-39-40-42-43-45-48-51-54-57-60-63-66-69-75(78)81-72-73(71-80-74(77)68-65-62-59-56-53-50-47-30-27-24-21-18-15-12-9-6-3)82-76(79)70-67-64-61-58-55-52-49-46-44-41-34-32-29-26-23-20-17-14-11-8-5-2/h7-8,10-11,16-17,19-20,25-26,28-30,33-35,37-38,40-42,45,47-48,54,57,73H,4-6,9,12-15,18,21-24,27,31-32,36,39,43-44,46,49-53,55-56,58-72H2,1-3H3/b10-7-,11-8-,19-16-,20-17-,28-25-,29-26-,35-33-,38-37-,41-34-,42-40-,47-30-,48-45-,57-54-. The zero-order valence-electron chi connectivity index (χ0n) is 52.9. The van der Waals surface area contributed by atoms with Gasteiger partial charge in [0, 0.05) is 19.3 Å². The van der Waals surface area contributed by atoms with Gasteiger partial charge >= 0.3 is 17.9 Å². The van der Waals surface area contributed by atoms with Crippen molar-refractivity contribution in [3.63, 3.8) is 0 Å². The number of rotatable bonds is 59. The molecule has 1 unspecified atom stereocenters. The summed E-state index contributed by atoms with van der Waals surface area (Å²) in [6.07, 6.45) is 99.6. The molecule has 0 aliphatic heterocycles. The van der Waals surface area contributed by atoms with Gasteiger partial charge in [0.05, 0.1) is 0 Å². The second kappa shape index (κ2) is 68.5. The first-order valence-electron chi connectivity index (χ1n) is 33.5. The molecular formula is C76H122O6. The first-order valence-corrected chi connectivity index (χ1v) is 33.5. The average Bonchev–Trinajstić information content (AvgIpc) is 3.47. The zero-order valence-corrected chi connectivity index (χ0v) is 52.9. The van der Waals surface area contributed by atoms with Crippen molar-refractivity contribution in [2.45, 2.75) is 290 Å². The lowest BCUT2D eigenvalue weighted by atomic mass is 10.1. The first-order chi connectivity index (χ1) is 40.5. The van der Waals surface area contributed by atoms with Gasteiger partial charge in [-0.25, -0.2) is 0 Å². The van der Waals surface area contributed by atoms with E-state index in [1.807, 2.05) is 0 Å². The van der Waals surface area contributed by atoms with E-state index in [4.69, 9.17) is 14.2 Å². The summed E-state index contributed by atoms with van der Waals surface area (Å²) in [5, 5.41) is 0. The molecule has 462 valence electrons. The fraction of sp³-hybridized carbons (Fsp3) is 0.618. The van der Waals surface area contributed by atoms with Crippen LogP contribution in [0.2, 0.25) is 0 Å². The van der Waals surface area contributed by atoms with Gasteiger partial charge < -0.3 is 14.2 Å². The lowest BCUT2D eigenvalue weighted by molar-refractivity contribution is -0.167. The van der Waals surface area contributed by atoms with E-state index >= 15 is 0 Å². The van der Waals surface area contributed by atoms with E-state index < -0.39 is 6.10 Å². The van der Waals surface area contributed by atoms with Gasteiger partial charge in [-0.2, -0.15) is 0 Å². The highest BCUT2D eigenvalue weighted by Crippen LogP contribution is 2.15. The molecule has 0 heterocycles. The summed E-state index contributed by atoms with van der Waals surface area (Å²) < 4.78 is 16.9. The van der Waals surface area contributed by atoms with Crippen LogP contribution in [-0.4, -0.2) is 37.2 Å². The Morgan fingerprint density at radius 1 is 0.256 bits per heavy atom. The lowest BCUT2D eigenvalue weighted by Gasteiger charge is -2.18. The fourth-order valence-electron chi connectivity index (χ4n) is 8.80. The summed E-state index contributed by atoms with van der Waals surface area (Å²) in [4.78, 5) is 38.4. The predicted molar refractivity (Wildman–Crippen MR) is 357 cm³/mol. The summed E-state index contributed by atoms with van der Waals surface area (Å²) in [6.45, 7) is 6.37. The Morgan fingerprint density at radius 3 is 0.780 bits per heavy atom. The zero-order chi connectivity index (χ0) is 59.2. The van der Waals surface area contributed by atoms with Crippen LogP contribution >= 0.6 is 0 Å². The van der Waals surface area contributed by atoms with E-state index in [2.05, 4.69) is 179 Å². The average molecular weight is 1130 g/mol. The molecule has 0 N–H and O–H groups in total. The Labute approximate surface area is 505 Å². The van der Waals surface area contributed by atoms with Gasteiger partial charge in [0.2, 0.25) is 0 Å². The van der Waals surface area contributed by atoms with Crippen LogP contribution < -0.4 is 0 Å². The Bertz CT molecular complexity index is 1830. The van der Waals surface area contributed by atoms with Crippen molar-refractivity contribution in [2.75, 3.05) is 13.2 Å². The molecule has 0 fully saturated rings. The molecule has 0 spiro atoms. The van der Waals surface area contributed by atoms with Gasteiger partial charge in [-0.05, 0) is 148 Å². The molecule has 0 aromatic heterocycles. The summed E-state index contributed by atoms with van der Waals surface area (Å²) in [5.74, 6) is -0.966. The normalized spacial score (nSPS) is 13.2. The summed E-state index contributed by atoms with van der Waals surface area (Å²) in [7, 11) is 0. The van der Waals surface area contributed by atoms with Gasteiger partial charge in [0.25, 0.3) is 0 Å². The lowest BCUT2D eigenvalue weighted by Crippen LogP contribution is -2.30. The van der Waals surface area contributed by atoms with Crippen LogP contribution in [0.1, 0.15) is 284 Å². The van der Waals surface area contributed by atoms with E-state index in [1.165, 1.54) is 89.9 Å². The Kier molecular flexibility index (Phi) is 64.4. The largest absolute Gasteiger partial charge is 0.462 e. The molecule has 0 aliphatic rings. The maximum Gasteiger partial charge on any atom is 0.306 e. The van der Waals surface area contributed by atoms with E-state index in [1.54, 1.807) is 0 Å². The van der Waals surface area contributed by atoms with Gasteiger partial charge in [-0.15, -0.1) is 0 Å². The molecule has 1 atom stereocenters. The number of carbonyl (C=O) groups is 3. The topological polar surface area (TPSA) is 78.9 Å². The third-order valence-corrected chi connectivity index (χ3v) is 13.7. The van der Waals surface area contributed by atoms with Gasteiger partial charge in [-0.3, -0.25) is 14.4 Å². The quantitative estimate of drug-likeness (QED) is 0.0261. The number of ether oxygens (including phenoxy) is 3. The highest BCUT2D eigenvalue weighted by molar-refractivity contribution is 5.71. The highest BCUT2D eigenvalue weighted by Gasteiger charge is 2.19. The Hall–Kier alpha value is -4.97. The molecule has 0 saturated heterocycles. The second-order valence-electron chi connectivity index (χ2n) is 21.6. The van der Waals surface area contributed by atoms with E-state index in [-0.39, 0.29) is 31.1 Å². The summed E-state index contributed by atoms with van der Waals surface area (Å²) in [6, 6.07) is 0. The second-order valence-corrected chi connectivity index (χ2v) is 21.6. The minimum absolute atomic E-state index is 0.105. The number of hydrogen-bond acceptors (Lipinski definition) is 6. The van der Waals surface area contributed by atoms with Crippen molar-refractivity contribution in [3.05, 3.63) is 158 Å². The van der Waals surface area contributed by atoms with E-state index in [0.717, 1.165) is 148 Å². The Balaban J connectivity index is 4.50. The number of allylic oxidation sites excluding steroid dienone is 26. The SMILES string of the molecule is CC/C=C\C/C=C\C/C=C\C/C=C\C/C=C\C/C=C\C/C=C\C/C=C\CCCCC(=O)OCC(COC(=O)CCCCCCC/C=C\CCCCCCCCC)OC(=O)CCCCCCCCCC/C=C\C/C=C\C/C=C\C/C=C\CC. The first kappa shape index (κ1) is 77.0. The minimum Gasteiger partial charge on any atom is -0.462 e. The molecule has 0 radical (unpaired) electrons. The molecule has 82 heavy (non-hydrogen) atoms. The molecule has 0 rings (SSSR count). The highest BCUT2D eigenvalue weighted by atomic mass is 16.6.